The van der Waals surface area contributed by atoms with Gasteiger partial charge in [0.25, 0.3) is 5.91 Å². The van der Waals surface area contributed by atoms with Crippen LogP contribution in [0.4, 0.5) is 4.79 Å². The van der Waals surface area contributed by atoms with Crippen LogP contribution < -0.4 is 5.43 Å². The summed E-state index contributed by atoms with van der Waals surface area (Å²) in [4.78, 5) is 24.7. The molecule has 0 saturated heterocycles. The number of rotatable bonds is 1. The van der Waals surface area contributed by atoms with Gasteiger partial charge in [0.05, 0.1) is 0 Å². The fourth-order valence-electron chi connectivity index (χ4n) is 0.402. The molecule has 0 rings (SSSR count). The summed E-state index contributed by atoms with van der Waals surface area (Å²) in [6, 6.07) is -0.621. The second-order valence-electron chi connectivity index (χ2n) is 2.22. The molecule has 0 saturated carbocycles. The Balaban J connectivity index is 4.09. The lowest BCUT2D eigenvalue weighted by molar-refractivity contribution is -0.120. The highest BCUT2D eigenvalue weighted by atomic mass is 16.2. The molecule has 0 unspecified atom stereocenters. The molecular weight excluding hydrogens is 158 g/mol. The molecule has 1 N–H and O–H groups in total. The highest BCUT2D eigenvalue weighted by Crippen LogP contribution is 1.88. The molecular formula is C7H11N3O2. The quantitative estimate of drug-likeness (QED) is 0.349. The molecule has 66 valence electrons. The third kappa shape index (κ3) is 2.96. The molecule has 0 aliphatic heterocycles. The molecule has 0 heterocycles. The smallest absolute Gasteiger partial charge is 0.268 e. The number of carbonyl (C=O) groups excluding carboxylic acids is 2. The summed E-state index contributed by atoms with van der Waals surface area (Å²) in [6.45, 7) is 7.95. The number of carbonyl (C=O) groups is 2. The Morgan fingerprint density at radius 1 is 1.50 bits per heavy atom. The maximum Gasteiger partial charge on any atom is 0.361 e. The van der Waals surface area contributed by atoms with Gasteiger partial charge in [-0.1, -0.05) is 6.58 Å². The van der Waals surface area contributed by atoms with E-state index < -0.39 is 11.9 Å². The third-order valence-electron chi connectivity index (χ3n) is 1.08. The van der Waals surface area contributed by atoms with Gasteiger partial charge in [-0.2, -0.15) is 0 Å². The van der Waals surface area contributed by atoms with Crippen LogP contribution in [0.15, 0.2) is 17.1 Å². The van der Waals surface area contributed by atoms with Gasteiger partial charge in [-0.25, -0.2) is 14.8 Å². The van der Waals surface area contributed by atoms with Crippen LogP contribution in [-0.4, -0.2) is 30.7 Å². The topological polar surface area (TPSA) is 61.8 Å². The Morgan fingerprint density at radius 3 is 2.33 bits per heavy atom. The van der Waals surface area contributed by atoms with Crippen LogP contribution in [0, 0.1) is 0 Å². The van der Waals surface area contributed by atoms with Gasteiger partial charge in [-0.3, -0.25) is 10.2 Å². The van der Waals surface area contributed by atoms with E-state index in [4.69, 9.17) is 0 Å². The van der Waals surface area contributed by atoms with Crippen molar-refractivity contribution in [2.45, 2.75) is 6.92 Å². The molecule has 0 spiro atoms. The first-order valence-electron chi connectivity index (χ1n) is 3.20. The number of amides is 3. The van der Waals surface area contributed by atoms with E-state index in [0.717, 1.165) is 5.01 Å². The molecule has 0 bridgehead atoms. The summed E-state index contributed by atoms with van der Waals surface area (Å²) in [5, 5.41) is 0.935. The maximum atomic E-state index is 10.9. The monoisotopic (exact) mass is 169 g/mol. The zero-order valence-electron chi connectivity index (χ0n) is 7.13. The van der Waals surface area contributed by atoms with Crippen LogP contribution in [-0.2, 0) is 4.79 Å². The van der Waals surface area contributed by atoms with Crippen molar-refractivity contribution in [3.05, 3.63) is 12.2 Å². The number of urea groups is 1. The summed E-state index contributed by atoms with van der Waals surface area (Å²) >= 11 is 0. The SMILES string of the molecule is C=NC(=O)N(C)NC(=O)C(=C)C. The van der Waals surface area contributed by atoms with Gasteiger partial charge in [0.15, 0.2) is 0 Å². The predicted molar refractivity (Wildman–Crippen MR) is 45.7 cm³/mol. The van der Waals surface area contributed by atoms with E-state index in [1.807, 2.05) is 0 Å². The molecule has 0 aromatic heterocycles. The fraction of sp³-hybridized carbons (Fsp3) is 0.286. The summed E-state index contributed by atoms with van der Waals surface area (Å²) in [6.07, 6.45) is 0. The van der Waals surface area contributed by atoms with Crippen molar-refractivity contribution in [2.24, 2.45) is 4.99 Å². The number of aliphatic imine (C=N–C) groups is 1. The molecule has 3 amide bonds. The molecule has 0 aliphatic rings. The summed E-state index contributed by atoms with van der Waals surface area (Å²) < 4.78 is 0. The average molecular weight is 169 g/mol. The van der Waals surface area contributed by atoms with Crippen LogP contribution in [0.5, 0.6) is 0 Å². The fourth-order valence-corrected chi connectivity index (χ4v) is 0.402. The van der Waals surface area contributed by atoms with Crippen LogP contribution >= 0.6 is 0 Å². The van der Waals surface area contributed by atoms with E-state index in [2.05, 4.69) is 23.7 Å². The van der Waals surface area contributed by atoms with Gasteiger partial charge in [0.1, 0.15) is 0 Å². The van der Waals surface area contributed by atoms with E-state index in [0.29, 0.717) is 5.57 Å². The molecule has 0 aromatic rings. The third-order valence-corrected chi connectivity index (χ3v) is 1.08. The molecule has 5 nitrogen and oxygen atoms in total. The van der Waals surface area contributed by atoms with E-state index in [1.54, 1.807) is 0 Å². The summed E-state index contributed by atoms with van der Waals surface area (Å²) in [5.41, 5.74) is 2.56. The molecule has 5 heteroatoms. The predicted octanol–water partition coefficient (Wildman–Crippen LogP) is 0.346. The highest BCUT2D eigenvalue weighted by molar-refractivity contribution is 5.93. The Hall–Kier alpha value is -1.65. The molecule has 0 aliphatic carbocycles. The zero-order chi connectivity index (χ0) is 9.72. The largest absolute Gasteiger partial charge is 0.361 e. The summed E-state index contributed by atoms with van der Waals surface area (Å²) in [7, 11) is 1.37. The van der Waals surface area contributed by atoms with Crippen molar-refractivity contribution in [1.29, 1.82) is 0 Å². The van der Waals surface area contributed by atoms with Crippen molar-refractivity contribution >= 4 is 18.7 Å². The van der Waals surface area contributed by atoms with Crippen molar-refractivity contribution in [1.82, 2.24) is 10.4 Å². The average Bonchev–Trinajstić information content (AvgIpc) is 2.02. The Bertz CT molecular complexity index is 235. The van der Waals surface area contributed by atoms with E-state index in [-0.39, 0.29) is 0 Å². The number of hydrogen-bond donors (Lipinski definition) is 1. The Kier molecular flexibility index (Phi) is 3.69. The molecule has 0 radical (unpaired) electrons. The highest BCUT2D eigenvalue weighted by Gasteiger charge is 2.09. The zero-order valence-corrected chi connectivity index (χ0v) is 7.13. The van der Waals surface area contributed by atoms with Crippen LogP contribution in [0.25, 0.3) is 0 Å². The van der Waals surface area contributed by atoms with E-state index >= 15 is 0 Å². The number of hydrogen-bond acceptors (Lipinski definition) is 2. The van der Waals surface area contributed by atoms with Gasteiger partial charge in [-0.05, 0) is 13.6 Å². The van der Waals surface area contributed by atoms with Crippen LogP contribution in [0.3, 0.4) is 0 Å². The minimum Gasteiger partial charge on any atom is -0.268 e. The number of nitrogens with one attached hydrogen (secondary N) is 1. The first kappa shape index (κ1) is 10.3. The summed E-state index contributed by atoms with van der Waals surface area (Å²) in [5.74, 6) is -0.422. The lowest BCUT2D eigenvalue weighted by Crippen LogP contribution is -2.42. The Labute approximate surface area is 70.7 Å². The number of nitrogens with zero attached hydrogens (tertiary/aromatic N) is 2. The second-order valence-corrected chi connectivity index (χ2v) is 2.22. The minimum absolute atomic E-state index is 0.318. The molecule has 0 aromatic carbocycles. The standard InChI is InChI=1S/C7H11N3O2/c1-5(2)6(11)9-10(4)7(12)8-3/h1,3H2,2,4H3,(H,9,11). The van der Waals surface area contributed by atoms with E-state index in [1.165, 1.54) is 14.0 Å². The lowest BCUT2D eigenvalue weighted by Gasteiger charge is -2.14. The molecule has 0 fully saturated rings. The van der Waals surface area contributed by atoms with Gasteiger partial charge >= 0.3 is 6.03 Å². The van der Waals surface area contributed by atoms with Crippen molar-refractivity contribution < 1.29 is 9.59 Å². The second kappa shape index (κ2) is 4.27. The van der Waals surface area contributed by atoms with Gasteiger partial charge in [0.2, 0.25) is 0 Å². The van der Waals surface area contributed by atoms with Gasteiger partial charge in [0, 0.05) is 12.6 Å². The first-order chi connectivity index (χ1) is 5.49. The van der Waals surface area contributed by atoms with Crippen molar-refractivity contribution in [2.75, 3.05) is 7.05 Å². The maximum absolute atomic E-state index is 10.9. The normalized spacial score (nSPS) is 8.50. The van der Waals surface area contributed by atoms with Crippen molar-refractivity contribution in [3.8, 4) is 0 Å². The Morgan fingerprint density at radius 2 is 2.00 bits per heavy atom. The van der Waals surface area contributed by atoms with Crippen molar-refractivity contribution in [3.63, 3.8) is 0 Å². The van der Waals surface area contributed by atoms with E-state index in [9.17, 15) is 9.59 Å². The molecule has 12 heavy (non-hydrogen) atoms. The van der Waals surface area contributed by atoms with Gasteiger partial charge in [-0.15, -0.1) is 0 Å². The molecule has 0 atom stereocenters. The lowest BCUT2D eigenvalue weighted by atomic mass is 10.3. The first-order valence-corrected chi connectivity index (χ1v) is 3.20. The minimum atomic E-state index is -0.621. The number of hydrazine groups is 1. The van der Waals surface area contributed by atoms with Crippen LogP contribution in [0.1, 0.15) is 6.92 Å². The van der Waals surface area contributed by atoms with Crippen LogP contribution in [0.2, 0.25) is 0 Å². The van der Waals surface area contributed by atoms with Gasteiger partial charge < -0.3 is 0 Å².